The van der Waals surface area contributed by atoms with Gasteiger partial charge in [0, 0.05) is 20.1 Å². The van der Waals surface area contributed by atoms with Crippen LogP contribution in [0.5, 0.6) is 0 Å². The molecular formula is C24H44N4. The van der Waals surface area contributed by atoms with Gasteiger partial charge in [-0.1, -0.05) is 78.4 Å². The van der Waals surface area contributed by atoms with Crippen molar-refractivity contribution in [1.29, 1.82) is 0 Å². The molecular weight excluding hydrogens is 344 g/mol. The molecule has 0 saturated heterocycles. The second-order valence-electron chi connectivity index (χ2n) is 8.56. The molecule has 1 aliphatic rings. The van der Waals surface area contributed by atoms with Crippen LogP contribution in [0.4, 0.5) is 11.4 Å². The summed E-state index contributed by atoms with van der Waals surface area (Å²) in [6, 6.07) is 8.65. The summed E-state index contributed by atoms with van der Waals surface area (Å²) >= 11 is 0. The van der Waals surface area contributed by atoms with Crippen molar-refractivity contribution in [2.45, 2.75) is 79.1 Å². The van der Waals surface area contributed by atoms with Gasteiger partial charge in [-0.25, -0.2) is 0 Å². The highest BCUT2D eigenvalue weighted by atomic mass is 15.8. The molecule has 0 saturated carbocycles. The third-order valence-corrected chi connectivity index (χ3v) is 6.28. The van der Waals surface area contributed by atoms with Gasteiger partial charge in [-0.2, -0.15) is 0 Å². The van der Waals surface area contributed by atoms with Gasteiger partial charge < -0.3 is 0 Å². The van der Waals surface area contributed by atoms with E-state index < -0.39 is 0 Å². The lowest BCUT2D eigenvalue weighted by atomic mass is 9.96. The summed E-state index contributed by atoms with van der Waals surface area (Å²) in [7, 11) is 2.13. The summed E-state index contributed by atoms with van der Waals surface area (Å²) < 4.78 is 0. The maximum atomic E-state index is 3.49. The smallest absolute Gasteiger partial charge is 0.0885 e. The summed E-state index contributed by atoms with van der Waals surface area (Å²) in [5.74, 6) is 1.61. The van der Waals surface area contributed by atoms with Crippen LogP contribution in [0.2, 0.25) is 0 Å². The number of unbranched alkanes of at least 4 members (excludes halogenated alkanes) is 2. The molecule has 0 bridgehead atoms. The van der Waals surface area contributed by atoms with E-state index in [1.165, 1.54) is 75.8 Å². The van der Waals surface area contributed by atoms with E-state index >= 15 is 0 Å². The summed E-state index contributed by atoms with van der Waals surface area (Å²) in [6.07, 6.45) is 10.6. The van der Waals surface area contributed by atoms with Crippen LogP contribution < -0.4 is 10.4 Å². The summed E-state index contributed by atoms with van der Waals surface area (Å²) in [4.78, 5) is 2.73. The van der Waals surface area contributed by atoms with Crippen molar-refractivity contribution in [3.8, 4) is 0 Å². The molecule has 0 amide bonds. The third-order valence-electron chi connectivity index (χ3n) is 6.28. The van der Waals surface area contributed by atoms with Gasteiger partial charge in [-0.05, 0) is 36.8 Å². The zero-order chi connectivity index (χ0) is 20.4. The van der Waals surface area contributed by atoms with E-state index in [0.29, 0.717) is 0 Å². The first kappa shape index (κ1) is 23.0. The highest BCUT2D eigenvalue weighted by Crippen LogP contribution is 2.33. The lowest BCUT2D eigenvalue weighted by molar-refractivity contribution is 0.159. The molecule has 1 heterocycles. The Morgan fingerprint density at radius 1 is 0.893 bits per heavy atom. The van der Waals surface area contributed by atoms with Crippen LogP contribution in [0, 0.1) is 11.8 Å². The molecule has 1 aliphatic heterocycles. The van der Waals surface area contributed by atoms with Gasteiger partial charge in [0.1, 0.15) is 0 Å². The molecule has 1 N–H and O–H groups in total. The molecule has 0 spiro atoms. The Morgan fingerprint density at radius 2 is 1.46 bits per heavy atom. The number of anilines is 2. The summed E-state index contributed by atoms with van der Waals surface area (Å²) in [5, 5.41) is 4.55. The second kappa shape index (κ2) is 12.3. The first-order valence-corrected chi connectivity index (χ1v) is 11.7. The van der Waals surface area contributed by atoms with Crippen LogP contribution in [-0.4, -0.2) is 36.8 Å². The average molecular weight is 389 g/mol. The van der Waals surface area contributed by atoms with Gasteiger partial charge in [0.15, 0.2) is 0 Å². The van der Waals surface area contributed by atoms with Gasteiger partial charge in [-0.3, -0.25) is 15.3 Å². The summed E-state index contributed by atoms with van der Waals surface area (Å²) in [6.45, 7) is 12.7. The largest absolute Gasteiger partial charge is 0.299 e. The molecule has 2 rings (SSSR count). The van der Waals surface area contributed by atoms with Gasteiger partial charge in [0.2, 0.25) is 0 Å². The first-order chi connectivity index (χ1) is 13.6. The molecule has 0 aliphatic carbocycles. The highest BCUT2D eigenvalue weighted by molar-refractivity contribution is 5.72. The molecule has 0 fully saturated rings. The van der Waals surface area contributed by atoms with E-state index in [1.54, 1.807) is 0 Å². The van der Waals surface area contributed by atoms with Gasteiger partial charge in [-0.15, -0.1) is 5.12 Å². The van der Waals surface area contributed by atoms with Crippen molar-refractivity contribution in [2.75, 3.05) is 37.2 Å². The maximum Gasteiger partial charge on any atom is 0.0885 e. The van der Waals surface area contributed by atoms with Crippen molar-refractivity contribution in [3.63, 3.8) is 0 Å². The summed E-state index contributed by atoms with van der Waals surface area (Å²) in [5.41, 5.74) is 5.99. The minimum Gasteiger partial charge on any atom is -0.299 e. The Morgan fingerprint density at radius 3 is 2.00 bits per heavy atom. The van der Waals surface area contributed by atoms with Gasteiger partial charge >= 0.3 is 0 Å². The van der Waals surface area contributed by atoms with E-state index in [1.807, 2.05) is 0 Å². The Balaban J connectivity index is 2.10. The number of hydrazine groups is 2. The maximum absolute atomic E-state index is 3.49. The molecule has 4 nitrogen and oxygen atoms in total. The van der Waals surface area contributed by atoms with Crippen molar-refractivity contribution in [1.82, 2.24) is 10.0 Å². The van der Waals surface area contributed by atoms with E-state index in [4.69, 9.17) is 0 Å². The normalized spacial score (nSPS) is 16.3. The minimum absolute atomic E-state index is 0.805. The number of hydrogen-bond acceptors (Lipinski definition) is 4. The van der Waals surface area contributed by atoms with E-state index in [9.17, 15) is 0 Å². The number of nitrogens with zero attached hydrogens (tertiary/aromatic N) is 3. The van der Waals surface area contributed by atoms with E-state index in [0.717, 1.165) is 18.5 Å². The molecule has 0 aromatic heterocycles. The van der Waals surface area contributed by atoms with Crippen molar-refractivity contribution in [2.24, 2.45) is 11.8 Å². The molecule has 28 heavy (non-hydrogen) atoms. The van der Waals surface area contributed by atoms with E-state index in [2.05, 4.69) is 79.5 Å². The molecule has 2 atom stereocenters. The lowest BCUT2D eigenvalue weighted by Gasteiger charge is -2.36. The second-order valence-corrected chi connectivity index (χ2v) is 8.56. The molecule has 2 unspecified atom stereocenters. The Hall–Kier alpha value is -1.26. The predicted molar refractivity (Wildman–Crippen MR) is 123 cm³/mol. The molecule has 4 heteroatoms. The molecule has 1 aromatic carbocycles. The Labute approximate surface area is 174 Å². The SMILES string of the molecule is CCCCC(CC)CN(CC(CC)CCCC)CN1c2ccccc2NN1C. The standard InChI is InChI=1S/C24H44N4/c1-6-10-14-21(8-3)18-27(19-22(9-4)15-11-7-2)20-28-24-17-13-12-16-23(24)25-26(28)5/h12-13,16-17,21-22,25H,6-11,14-15,18-20H2,1-5H3. The van der Waals surface area contributed by atoms with Crippen LogP contribution in [-0.2, 0) is 0 Å². The number of para-hydroxylation sites is 2. The quantitative estimate of drug-likeness (QED) is 0.399. The number of fused-ring (bicyclic) bond motifs is 1. The van der Waals surface area contributed by atoms with Crippen LogP contribution in [0.1, 0.15) is 79.1 Å². The van der Waals surface area contributed by atoms with Crippen LogP contribution in [0.15, 0.2) is 24.3 Å². The van der Waals surface area contributed by atoms with Gasteiger partial charge in [0.25, 0.3) is 0 Å². The average Bonchev–Trinajstić information content (AvgIpc) is 3.03. The Kier molecular flexibility index (Phi) is 10.1. The van der Waals surface area contributed by atoms with Gasteiger partial charge in [0.05, 0.1) is 18.0 Å². The van der Waals surface area contributed by atoms with Crippen molar-refractivity contribution < 1.29 is 0 Å². The van der Waals surface area contributed by atoms with Crippen LogP contribution in [0.3, 0.4) is 0 Å². The van der Waals surface area contributed by atoms with Crippen LogP contribution >= 0.6 is 0 Å². The zero-order valence-electron chi connectivity index (χ0n) is 19.1. The fraction of sp³-hybridized carbons (Fsp3) is 0.750. The number of hydrogen-bond donors (Lipinski definition) is 1. The third kappa shape index (κ3) is 6.66. The van der Waals surface area contributed by atoms with E-state index in [-0.39, 0.29) is 0 Å². The Bertz CT molecular complexity index is 529. The number of benzene rings is 1. The fourth-order valence-corrected chi connectivity index (χ4v) is 4.30. The monoisotopic (exact) mass is 388 g/mol. The number of nitrogens with one attached hydrogen (secondary N) is 1. The van der Waals surface area contributed by atoms with Crippen molar-refractivity contribution in [3.05, 3.63) is 24.3 Å². The fourth-order valence-electron chi connectivity index (χ4n) is 4.30. The van der Waals surface area contributed by atoms with Crippen molar-refractivity contribution >= 4 is 11.4 Å². The predicted octanol–water partition coefficient (Wildman–Crippen LogP) is 6.37. The lowest BCUT2D eigenvalue weighted by Crippen LogP contribution is -2.48. The molecule has 1 aromatic rings. The zero-order valence-corrected chi connectivity index (χ0v) is 19.1. The molecule has 160 valence electrons. The molecule has 0 radical (unpaired) electrons. The minimum atomic E-state index is 0.805. The number of rotatable bonds is 14. The van der Waals surface area contributed by atoms with Crippen LogP contribution in [0.25, 0.3) is 0 Å². The topological polar surface area (TPSA) is 21.8 Å². The highest BCUT2D eigenvalue weighted by Gasteiger charge is 2.27. The first-order valence-electron chi connectivity index (χ1n) is 11.7.